The fourth-order valence-electron chi connectivity index (χ4n) is 6.02. The number of ketones is 2. The molecule has 2 saturated heterocycles. The van der Waals surface area contributed by atoms with Crippen LogP contribution in [0.25, 0.3) is 0 Å². The van der Waals surface area contributed by atoms with Crippen LogP contribution in [0.3, 0.4) is 0 Å². The highest BCUT2D eigenvalue weighted by Gasteiger charge is 2.63. The normalized spacial score (nSPS) is 24.2. The number of ether oxygens (including phenoxy) is 2. The highest BCUT2D eigenvalue weighted by atomic mass is 79.9. The van der Waals surface area contributed by atoms with Gasteiger partial charge in [-0.1, -0.05) is 64.5 Å². The molecule has 0 bridgehead atoms. The minimum atomic E-state index is -0.939. The zero-order valence-electron chi connectivity index (χ0n) is 20.9. The van der Waals surface area contributed by atoms with E-state index in [-0.39, 0.29) is 18.4 Å². The molecular formula is C31H21BrN2O6. The number of carbonyl (C=O) groups excluding carboxylic acids is 4. The molecule has 9 heteroatoms. The van der Waals surface area contributed by atoms with Crippen molar-refractivity contribution >= 4 is 45.0 Å². The number of hydrogen-bond donors (Lipinski definition) is 0. The maximum absolute atomic E-state index is 14.0. The van der Waals surface area contributed by atoms with Crippen LogP contribution >= 0.6 is 15.9 Å². The van der Waals surface area contributed by atoms with Crippen LogP contribution in [0.5, 0.6) is 11.5 Å². The van der Waals surface area contributed by atoms with Crippen molar-refractivity contribution < 1.29 is 28.7 Å². The highest BCUT2D eigenvalue weighted by Crippen LogP contribution is 2.48. The molecule has 40 heavy (non-hydrogen) atoms. The van der Waals surface area contributed by atoms with Crippen LogP contribution in [0, 0.1) is 11.8 Å². The fraction of sp³-hybridized carbons (Fsp3) is 0.161. The average molecular weight is 597 g/mol. The zero-order valence-corrected chi connectivity index (χ0v) is 22.5. The number of amides is 2. The maximum atomic E-state index is 14.0. The lowest BCUT2D eigenvalue weighted by Gasteiger charge is -2.32. The van der Waals surface area contributed by atoms with E-state index in [0.717, 1.165) is 9.37 Å². The second-order valence-electron chi connectivity index (χ2n) is 9.99. The molecule has 4 aliphatic rings. The Balaban J connectivity index is 1.30. The summed E-state index contributed by atoms with van der Waals surface area (Å²) < 4.78 is 11.7. The molecule has 0 N–H and O–H groups in total. The summed E-state index contributed by atoms with van der Waals surface area (Å²) in [7, 11) is 0. The van der Waals surface area contributed by atoms with Gasteiger partial charge in [-0.15, -0.1) is 0 Å². The molecule has 198 valence electrons. The number of rotatable bonds is 5. The van der Waals surface area contributed by atoms with Crippen molar-refractivity contribution in [3.05, 3.63) is 112 Å². The minimum absolute atomic E-state index is 0.0576. The van der Waals surface area contributed by atoms with E-state index >= 15 is 0 Å². The second kappa shape index (κ2) is 9.31. The monoisotopic (exact) mass is 596 g/mol. The van der Waals surface area contributed by atoms with Gasteiger partial charge in [-0.05, 0) is 30.3 Å². The Kier molecular flexibility index (Phi) is 5.71. The summed E-state index contributed by atoms with van der Waals surface area (Å²) in [4.78, 5) is 58.1. The predicted octanol–water partition coefficient (Wildman–Crippen LogP) is 4.56. The van der Waals surface area contributed by atoms with Crippen LogP contribution < -0.4 is 14.4 Å². The summed E-state index contributed by atoms with van der Waals surface area (Å²) >= 11 is 3.39. The Hall–Kier alpha value is -4.50. The molecule has 0 spiro atoms. The van der Waals surface area contributed by atoms with Gasteiger partial charge in [0.2, 0.25) is 18.6 Å². The van der Waals surface area contributed by atoms with E-state index in [1.54, 1.807) is 90.0 Å². The molecule has 2 amide bonds. The lowest BCUT2D eigenvalue weighted by atomic mass is 9.85. The number of benzene rings is 3. The number of fused-ring (bicyclic) bond motifs is 4. The summed E-state index contributed by atoms with van der Waals surface area (Å²) in [5.41, 5.74) is 1.70. The lowest BCUT2D eigenvalue weighted by Crippen LogP contribution is -2.46. The Labute approximate surface area is 237 Å². The smallest absolute Gasteiger partial charge is 0.240 e. The van der Waals surface area contributed by atoms with Gasteiger partial charge in [-0.2, -0.15) is 0 Å². The van der Waals surface area contributed by atoms with Crippen molar-refractivity contribution in [1.82, 2.24) is 4.90 Å². The summed E-state index contributed by atoms with van der Waals surface area (Å²) in [5, 5.41) is 0. The third kappa shape index (κ3) is 3.72. The zero-order chi connectivity index (χ0) is 27.5. The Morgan fingerprint density at radius 2 is 1.55 bits per heavy atom. The van der Waals surface area contributed by atoms with Crippen LogP contribution in [-0.4, -0.2) is 47.2 Å². The van der Waals surface area contributed by atoms with Crippen LogP contribution in [-0.2, 0) is 9.59 Å². The van der Waals surface area contributed by atoms with Gasteiger partial charge in [-0.3, -0.25) is 19.2 Å². The third-order valence-electron chi connectivity index (χ3n) is 7.86. The Bertz CT molecular complexity index is 1650. The van der Waals surface area contributed by atoms with E-state index in [1.165, 1.54) is 0 Å². The van der Waals surface area contributed by atoms with Crippen LogP contribution in [0.2, 0.25) is 0 Å². The van der Waals surface area contributed by atoms with Crippen molar-refractivity contribution in [1.29, 1.82) is 0 Å². The van der Waals surface area contributed by atoms with Crippen molar-refractivity contribution in [2.45, 2.75) is 12.1 Å². The number of allylic oxidation sites excluding steroid dienone is 2. The fourth-order valence-corrected chi connectivity index (χ4v) is 6.28. The third-order valence-corrected chi connectivity index (χ3v) is 8.39. The summed E-state index contributed by atoms with van der Waals surface area (Å²) in [6, 6.07) is 19.1. The van der Waals surface area contributed by atoms with Gasteiger partial charge in [0.1, 0.15) is 6.04 Å². The van der Waals surface area contributed by atoms with E-state index in [0.29, 0.717) is 33.9 Å². The standard InChI is InChI=1S/C31H21BrN2O6/c32-20-8-6-18(7-9-20)29(36)27-26-25(22-14-19(12-13-33(22)27)28(35)17-4-2-1-3-5-17)30(37)34(31(26)38)21-10-11-23-24(15-21)40-16-39-23/h1-15,22,25-27H,16H2/t22-,25+,26-,27+/m0/s1. The van der Waals surface area contributed by atoms with Crippen molar-refractivity contribution in [3.63, 3.8) is 0 Å². The SMILES string of the molecule is O=C(C1=C[C@H]2[C@H]3C(=O)N(c4ccc5c(c4)OCO5)C(=O)[C@@H]3[C@H](C(=O)c3ccc(Br)cc3)N2C=C1)c1ccccc1. The Morgan fingerprint density at radius 3 is 2.33 bits per heavy atom. The van der Waals surface area contributed by atoms with E-state index < -0.39 is 35.7 Å². The molecule has 3 aromatic carbocycles. The first kappa shape index (κ1) is 24.5. The number of hydrogen-bond acceptors (Lipinski definition) is 7. The number of anilines is 1. The number of halogens is 1. The molecule has 4 aliphatic heterocycles. The molecule has 7 rings (SSSR count). The lowest BCUT2D eigenvalue weighted by molar-refractivity contribution is -0.123. The van der Waals surface area contributed by atoms with Gasteiger partial charge in [0, 0.05) is 33.4 Å². The molecule has 2 fully saturated rings. The Morgan fingerprint density at radius 1 is 0.825 bits per heavy atom. The van der Waals surface area contributed by atoms with Crippen molar-refractivity contribution in [3.8, 4) is 11.5 Å². The van der Waals surface area contributed by atoms with Gasteiger partial charge < -0.3 is 14.4 Å². The van der Waals surface area contributed by atoms with Crippen molar-refractivity contribution in [2.75, 3.05) is 11.7 Å². The largest absolute Gasteiger partial charge is 0.454 e. The number of Topliss-reactive ketones (excluding diaryl/α,β-unsaturated/α-hetero) is 2. The number of imide groups is 1. The summed E-state index contributed by atoms with van der Waals surface area (Å²) in [5.74, 6) is -2.17. The van der Waals surface area contributed by atoms with Crippen LogP contribution in [0.15, 0.2) is 101 Å². The van der Waals surface area contributed by atoms with Gasteiger partial charge >= 0.3 is 0 Å². The first-order valence-electron chi connectivity index (χ1n) is 12.8. The first-order valence-corrected chi connectivity index (χ1v) is 13.6. The molecule has 4 atom stereocenters. The first-order chi connectivity index (χ1) is 19.4. The molecule has 3 aromatic rings. The highest BCUT2D eigenvalue weighted by molar-refractivity contribution is 9.10. The molecule has 0 saturated carbocycles. The van der Waals surface area contributed by atoms with Crippen LogP contribution in [0.4, 0.5) is 5.69 Å². The summed E-state index contributed by atoms with van der Waals surface area (Å²) in [6.45, 7) is 0.0576. The quantitative estimate of drug-likeness (QED) is 0.315. The number of carbonyl (C=O) groups is 4. The minimum Gasteiger partial charge on any atom is -0.454 e. The maximum Gasteiger partial charge on any atom is 0.240 e. The molecule has 0 unspecified atom stereocenters. The van der Waals surface area contributed by atoms with Crippen molar-refractivity contribution in [2.24, 2.45) is 11.8 Å². The van der Waals surface area contributed by atoms with E-state index in [1.807, 2.05) is 6.07 Å². The second-order valence-corrected chi connectivity index (χ2v) is 10.9. The number of nitrogens with zero attached hydrogens (tertiary/aromatic N) is 2. The molecular weight excluding hydrogens is 576 g/mol. The molecule has 4 heterocycles. The van der Waals surface area contributed by atoms with Gasteiger partial charge in [0.25, 0.3) is 0 Å². The topological polar surface area (TPSA) is 93.2 Å². The van der Waals surface area contributed by atoms with E-state index in [9.17, 15) is 19.2 Å². The van der Waals surface area contributed by atoms with E-state index in [2.05, 4.69) is 15.9 Å². The van der Waals surface area contributed by atoms with Crippen LogP contribution in [0.1, 0.15) is 20.7 Å². The molecule has 0 radical (unpaired) electrons. The predicted molar refractivity (Wildman–Crippen MR) is 148 cm³/mol. The van der Waals surface area contributed by atoms with E-state index in [4.69, 9.17) is 9.47 Å². The molecule has 8 nitrogen and oxygen atoms in total. The molecule has 0 aliphatic carbocycles. The van der Waals surface area contributed by atoms with Gasteiger partial charge in [0.15, 0.2) is 23.1 Å². The summed E-state index contributed by atoms with van der Waals surface area (Å²) in [6.07, 6.45) is 5.04. The van der Waals surface area contributed by atoms with Gasteiger partial charge in [-0.25, -0.2) is 4.90 Å². The molecule has 0 aromatic heterocycles. The van der Waals surface area contributed by atoms with Gasteiger partial charge in [0.05, 0.1) is 23.6 Å². The average Bonchev–Trinajstić information content (AvgIpc) is 3.65.